The molecule has 0 fully saturated rings. The van der Waals surface area contributed by atoms with E-state index < -0.39 is 11.2 Å². The fourth-order valence-electron chi connectivity index (χ4n) is 5.70. The van der Waals surface area contributed by atoms with Crippen molar-refractivity contribution in [2.45, 2.75) is 77.4 Å². The Morgan fingerprint density at radius 2 is 1.10 bits per heavy atom. The van der Waals surface area contributed by atoms with Crippen LogP contribution in [0.1, 0.15) is 66.2 Å². The van der Waals surface area contributed by atoms with Gasteiger partial charge in [-0.05, 0) is 84.7 Å². The molecule has 2 atom stereocenters. The number of hydrogen-bond donors (Lipinski definition) is 2. The molecule has 0 saturated carbocycles. The molecule has 0 bridgehead atoms. The van der Waals surface area contributed by atoms with Gasteiger partial charge in [0, 0.05) is 29.6 Å². The molecule has 2 aromatic rings. The summed E-state index contributed by atoms with van der Waals surface area (Å²) in [7, 11) is 0. The summed E-state index contributed by atoms with van der Waals surface area (Å²) < 4.78 is 13.1. The number of hydrogen-bond acceptors (Lipinski definition) is 6. The van der Waals surface area contributed by atoms with Gasteiger partial charge in [0.2, 0.25) is 0 Å². The molecule has 4 rings (SSSR count). The Balaban J connectivity index is 1.47. The summed E-state index contributed by atoms with van der Waals surface area (Å²) in [5.41, 5.74) is 3.11. The molecule has 6 nitrogen and oxygen atoms in total. The van der Waals surface area contributed by atoms with E-state index in [1.807, 2.05) is 60.9 Å². The van der Waals surface area contributed by atoms with Crippen LogP contribution in [0, 0.1) is 28.3 Å². The van der Waals surface area contributed by atoms with Gasteiger partial charge in [-0.15, -0.1) is 0 Å². The van der Waals surface area contributed by atoms with E-state index in [2.05, 4.69) is 74.8 Å². The number of nitriles is 2. The van der Waals surface area contributed by atoms with Gasteiger partial charge >= 0.3 is 0 Å². The SMILES string of the molecule is CCCC1(Oc2ccc(NC#N)cc2)C=CC(C(C)(C)C2=CCC(CCC)(Oc3ccc(NC#N)cc3)C=C2)=CC1. The molecule has 2 N–H and O–H groups in total. The summed E-state index contributed by atoms with van der Waals surface area (Å²) in [5, 5.41) is 23.0. The Bertz CT molecular complexity index is 1300. The molecule has 0 amide bonds. The lowest BCUT2D eigenvalue weighted by Gasteiger charge is -2.39. The summed E-state index contributed by atoms with van der Waals surface area (Å²) in [6.45, 7) is 8.93. The second-order valence-corrected chi connectivity index (χ2v) is 11.4. The quantitative estimate of drug-likeness (QED) is 0.203. The standard InChI is InChI=1S/C35H40N4O2/c1-5-19-34(40-31-11-7-29(8-12-31)38-25-36)21-15-27(16-22-34)33(3,4)28-17-23-35(20-6-2,24-18-28)41-32-13-9-30(10-14-32)39-26-37/h7-18,21,23,38-39H,5-6,19-20,22,24H2,1-4H3. The number of nitrogens with one attached hydrogen (secondary N) is 2. The van der Waals surface area contributed by atoms with Crippen molar-refractivity contribution in [2.24, 2.45) is 5.41 Å². The summed E-state index contributed by atoms with van der Waals surface area (Å²) in [6, 6.07) is 15.1. The van der Waals surface area contributed by atoms with E-state index in [1.54, 1.807) is 0 Å². The van der Waals surface area contributed by atoms with Crippen LogP contribution < -0.4 is 20.1 Å². The van der Waals surface area contributed by atoms with Crippen molar-refractivity contribution >= 4 is 11.4 Å². The first-order valence-corrected chi connectivity index (χ1v) is 14.5. The molecule has 2 aliphatic rings. The number of ether oxygens (including phenoxy) is 2. The van der Waals surface area contributed by atoms with Gasteiger partial charge in [0.15, 0.2) is 12.4 Å². The van der Waals surface area contributed by atoms with E-state index in [0.717, 1.165) is 61.4 Å². The van der Waals surface area contributed by atoms with Crippen LogP contribution in [-0.4, -0.2) is 11.2 Å². The first-order chi connectivity index (χ1) is 19.8. The highest BCUT2D eigenvalue weighted by molar-refractivity contribution is 5.51. The predicted octanol–water partition coefficient (Wildman–Crippen LogP) is 8.81. The van der Waals surface area contributed by atoms with E-state index in [0.29, 0.717) is 0 Å². The van der Waals surface area contributed by atoms with Gasteiger partial charge in [-0.3, -0.25) is 10.6 Å². The minimum Gasteiger partial charge on any atom is -0.483 e. The number of allylic oxidation sites excluding steroid dienone is 4. The van der Waals surface area contributed by atoms with Crippen LogP contribution in [-0.2, 0) is 0 Å². The summed E-state index contributed by atoms with van der Waals surface area (Å²) >= 11 is 0. The van der Waals surface area contributed by atoms with Gasteiger partial charge < -0.3 is 9.47 Å². The van der Waals surface area contributed by atoms with Gasteiger partial charge in [-0.1, -0.05) is 64.8 Å². The minimum absolute atomic E-state index is 0.168. The number of nitrogens with zero attached hydrogens (tertiary/aromatic N) is 2. The normalized spacial score (nSPS) is 21.6. The molecule has 0 radical (unpaired) electrons. The first kappa shape index (κ1) is 29.6. The molecule has 0 aromatic heterocycles. The number of rotatable bonds is 12. The zero-order valence-electron chi connectivity index (χ0n) is 24.5. The highest BCUT2D eigenvalue weighted by atomic mass is 16.5. The van der Waals surface area contributed by atoms with Gasteiger partial charge in [0.05, 0.1) is 0 Å². The van der Waals surface area contributed by atoms with Gasteiger partial charge in [0.1, 0.15) is 22.7 Å². The van der Waals surface area contributed by atoms with Crippen molar-refractivity contribution in [1.29, 1.82) is 10.5 Å². The Morgan fingerprint density at radius 3 is 1.39 bits per heavy atom. The zero-order chi connectivity index (χ0) is 29.3. The molecule has 0 spiro atoms. The third-order valence-corrected chi connectivity index (χ3v) is 8.01. The van der Waals surface area contributed by atoms with Crippen LogP contribution in [0.15, 0.2) is 96.1 Å². The van der Waals surface area contributed by atoms with E-state index in [9.17, 15) is 0 Å². The van der Waals surface area contributed by atoms with Crippen molar-refractivity contribution in [3.05, 3.63) is 96.1 Å². The minimum atomic E-state index is -0.391. The molecular weight excluding hydrogens is 508 g/mol. The second kappa shape index (κ2) is 12.8. The fraction of sp³-hybridized carbons (Fsp3) is 0.371. The topological polar surface area (TPSA) is 90.1 Å². The molecule has 41 heavy (non-hydrogen) atoms. The Labute approximate surface area is 244 Å². The lowest BCUT2D eigenvalue weighted by Crippen LogP contribution is -2.37. The molecule has 6 heteroatoms. The monoisotopic (exact) mass is 548 g/mol. The van der Waals surface area contributed by atoms with Crippen LogP contribution in [0.4, 0.5) is 11.4 Å². The highest BCUT2D eigenvalue weighted by Crippen LogP contribution is 2.44. The van der Waals surface area contributed by atoms with E-state index in [-0.39, 0.29) is 5.41 Å². The second-order valence-electron chi connectivity index (χ2n) is 11.4. The zero-order valence-corrected chi connectivity index (χ0v) is 24.5. The van der Waals surface area contributed by atoms with Crippen LogP contribution in [0.5, 0.6) is 11.5 Å². The van der Waals surface area contributed by atoms with Crippen molar-refractivity contribution < 1.29 is 9.47 Å². The number of benzene rings is 2. The molecule has 2 aromatic carbocycles. The first-order valence-electron chi connectivity index (χ1n) is 14.5. The van der Waals surface area contributed by atoms with Gasteiger partial charge in [0.25, 0.3) is 0 Å². The van der Waals surface area contributed by atoms with E-state index in [4.69, 9.17) is 20.0 Å². The van der Waals surface area contributed by atoms with Crippen LogP contribution >= 0.6 is 0 Å². The third kappa shape index (κ3) is 7.02. The molecule has 212 valence electrons. The summed E-state index contributed by atoms with van der Waals surface area (Å²) in [6.07, 6.45) is 22.9. The van der Waals surface area contributed by atoms with E-state index in [1.165, 1.54) is 11.1 Å². The maximum Gasteiger partial charge on any atom is 0.181 e. The maximum atomic E-state index is 8.85. The summed E-state index contributed by atoms with van der Waals surface area (Å²) in [4.78, 5) is 0. The Hall–Kier alpha value is -4.42. The van der Waals surface area contributed by atoms with Crippen LogP contribution in [0.3, 0.4) is 0 Å². The lowest BCUT2D eigenvalue weighted by molar-refractivity contribution is 0.109. The molecular formula is C35H40N4O2. The third-order valence-electron chi connectivity index (χ3n) is 8.01. The van der Waals surface area contributed by atoms with Gasteiger partial charge in [-0.25, -0.2) is 0 Å². The molecule has 0 saturated heterocycles. The van der Waals surface area contributed by atoms with Crippen LogP contribution in [0.2, 0.25) is 0 Å². The molecule has 2 unspecified atom stereocenters. The van der Waals surface area contributed by atoms with Crippen molar-refractivity contribution in [3.63, 3.8) is 0 Å². The van der Waals surface area contributed by atoms with E-state index >= 15 is 0 Å². The smallest absolute Gasteiger partial charge is 0.181 e. The molecule has 0 heterocycles. The Kier molecular flexibility index (Phi) is 9.25. The average Bonchev–Trinajstić information content (AvgIpc) is 2.96. The van der Waals surface area contributed by atoms with Crippen LogP contribution in [0.25, 0.3) is 0 Å². The highest BCUT2D eigenvalue weighted by Gasteiger charge is 2.37. The Morgan fingerprint density at radius 1 is 0.707 bits per heavy atom. The largest absolute Gasteiger partial charge is 0.483 e. The van der Waals surface area contributed by atoms with Crippen molar-refractivity contribution in [2.75, 3.05) is 10.6 Å². The maximum absolute atomic E-state index is 8.85. The fourth-order valence-corrected chi connectivity index (χ4v) is 5.70. The summed E-state index contributed by atoms with van der Waals surface area (Å²) in [5.74, 6) is 1.59. The molecule has 0 aliphatic heterocycles. The average molecular weight is 549 g/mol. The van der Waals surface area contributed by atoms with Gasteiger partial charge in [-0.2, -0.15) is 10.5 Å². The molecule has 2 aliphatic carbocycles. The van der Waals surface area contributed by atoms with Crippen molar-refractivity contribution in [3.8, 4) is 23.9 Å². The lowest BCUT2D eigenvalue weighted by atomic mass is 9.71. The van der Waals surface area contributed by atoms with Crippen molar-refractivity contribution in [1.82, 2.24) is 0 Å². The number of anilines is 2. The predicted molar refractivity (Wildman–Crippen MR) is 165 cm³/mol.